The highest BCUT2D eigenvalue weighted by atomic mass is 35.5. The van der Waals surface area contributed by atoms with E-state index in [1.165, 1.54) is 6.07 Å². The lowest BCUT2D eigenvalue weighted by Gasteiger charge is -2.00. The Kier molecular flexibility index (Phi) is 5.22. The van der Waals surface area contributed by atoms with E-state index in [0.717, 1.165) is 0 Å². The van der Waals surface area contributed by atoms with Crippen LogP contribution in [0.1, 0.15) is 29.3 Å². The molecular weight excluding hydrogens is 256 g/mol. The van der Waals surface area contributed by atoms with Crippen LogP contribution in [0.5, 0.6) is 0 Å². The molecule has 5 heteroatoms. The largest absolute Gasteiger partial charge is 0.478 e. The van der Waals surface area contributed by atoms with Crippen molar-refractivity contribution in [2.24, 2.45) is 0 Å². The van der Waals surface area contributed by atoms with Crippen LogP contribution in [0, 0.1) is 11.8 Å². The molecule has 94 valence electrons. The van der Waals surface area contributed by atoms with E-state index >= 15 is 0 Å². The molecule has 0 heterocycles. The Morgan fingerprint density at radius 1 is 1.44 bits per heavy atom. The lowest BCUT2D eigenvalue weighted by molar-refractivity contribution is -0.141. The smallest absolute Gasteiger partial charge is 0.337 e. The van der Waals surface area contributed by atoms with E-state index < -0.39 is 11.9 Å². The number of hydrogen-bond donors (Lipinski definition) is 1. The number of aromatic carboxylic acids is 1. The summed E-state index contributed by atoms with van der Waals surface area (Å²) in [7, 11) is 0. The summed E-state index contributed by atoms with van der Waals surface area (Å²) in [5.41, 5.74) is 0.362. The Balaban J connectivity index is 2.86. The number of carboxylic acids is 1. The Labute approximate surface area is 110 Å². The van der Waals surface area contributed by atoms with Crippen LogP contribution in [0.3, 0.4) is 0 Å². The zero-order valence-electron chi connectivity index (χ0n) is 9.70. The van der Waals surface area contributed by atoms with Gasteiger partial charge in [0.25, 0.3) is 0 Å². The van der Waals surface area contributed by atoms with E-state index in [2.05, 4.69) is 11.8 Å². The molecule has 0 saturated carbocycles. The summed E-state index contributed by atoms with van der Waals surface area (Å²) in [5.74, 6) is 3.71. The Bertz CT molecular complexity index is 526. The molecule has 0 aliphatic carbocycles. The highest BCUT2D eigenvalue weighted by molar-refractivity contribution is 6.34. The molecule has 1 aromatic carbocycles. The van der Waals surface area contributed by atoms with Gasteiger partial charge in [-0.15, -0.1) is 0 Å². The lowest BCUT2D eigenvalue weighted by atomic mass is 10.1. The average Bonchev–Trinajstić information content (AvgIpc) is 2.31. The first-order chi connectivity index (χ1) is 8.56. The highest BCUT2D eigenvalue weighted by Crippen LogP contribution is 2.20. The summed E-state index contributed by atoms with van der Waals surface area (Å²) in [5, 5.41) is 8.94. The van der Waals surface area contributed by atoms with E-state index in [-0.39, 0.29) is 17.0 Å². The van der Waals surface area contributed by atoms with Crippen LogP contribution in [-0.4, -0.2) is 23.7 Å². The van der Waals surface area contributed by atoms with E-state index in [1.807, 2.05) is 0 Å². The Morgan fingerprint density at radius 2 is 2.17 bits per heavy atom. The van der Waals surface area contributed by atoms with Crippen LogP contribution in [0.15, 0.2) is 18.2 Å². The third-order valence-corrected chi connectivity index (χ3v) is 2.40. The van der Waals surface area contributed by atoms with Gasteiger partial charge in [-0.05, 0) is 19.1 Å². The Morgan fingerprint density at radius 3 is 2.78 bits per heavy atom. The minimum atomic E-state index is -1.12. The normalized spacial score (nSPS) is 9.22. The fraction of sp³-hybridized carbons (Fsp3) is 0.231. The zero-order chi connectivity index (χ0) is 13.5. The molecule has 0 bridgehead atoms. The van der Waals surface area contributed by atoms with Gasteiger partial charge >= 0.3 is 11.9 Å². The van der Waals surface area contributed by atoms with Gasteiger partial charge in [0.05, 0.1) is 17.2 Å². The van der Waals surface area contributed by atoms with Gasteiger partial charge in [-0.2, -0.15) is 0 Å². The first-order valence-electron chi connectivity index (χ1n) is 5.22. The molecule has 18 heavy (non-hydrogen) atoms. The predicted molar refractivity (Wildman–Crippen MR) is 66.5 cm³/mol. The minimum Gasteiger partial charge on any atom is -0.478 e. The Hall–Kier alpha value is -1.99. The molecule has 0 aliphatic heterocycles. The average molecular weight is 267 g/mol. The number of ether oxygens (including phenoxy) is 1. The molecule has 0 fully saturated rings. The molecule has 1 N–H and O–H groups in total. The number of carboxylic acid groups (broad SMARTS) is 1. The summed E-state index contributed by atoms with van der Waals surface area (Å²) in [4.78, 5) is 21.9. The third kappa shape index (κ3) is 3.79. The van der Waals surface area contributed by atoms with Crippen LogP contribution >= 0.6 is 11.6 Å². The summed E-state index contributed by atoms with van der Waals surface area (Å²) in [6.45, 7) is 2.01. The maximum absolute atomic E-state index is 11.0. The summed E-state index contributed by atoms with van der Waals surface area (Å²) in [6, 6.07) is 4.53. The van der Waals surface area contributed by atoms with Crippen LogP contribution < -0.4 is 0 Å². The number of rotatable bonds is 3. The quantitative estimate of drug-likeness (QED) is 0.674. The van der Waals surface area contributed by atoms with Crippen molar-refractivity contribution in [1.82, 2.24) is 0 Å². The second kappa shape index (κ2) is 6.67. The maximum Gasteiger partial charge on any atom is 0.337 e. The van der Waals surface area contributed by atoms with E-state index in [0.29, 0.717) is 12.2 Å². The molecule has 0 amide bonds. The monoisotopic (exact) mass is 266 g/mol. The number of carbonyl (C=O) groups excluding carboxylic acids is 1. The minimum absolute atomic E-state index is 0.0143. The molecule has 1 rings (SSSR count). The van der Waals surface area contributed by atoms with Crippen LogP contribution in [-0.2, 0) is 9.53 Å². The van der Waals surface area contributed by atoms with Crippen molar-refractivity contribution in [3.63, 3.8) is 0 Å². The molecule has 4 nitrogen and oxygen atoms in total. The van der Waals surface area contributed by atoms with Crippen molar-refractivity contribution in [1.29, 1.82) is 0 Å². The van der Waals surface area contributed by atoms with Gasteiger partial charge in [0.15, 0.2) is 0 Å². The van der Waals surface area contributed by atoms with E-state index in [1.54, 1.807) is 19.1 Å². The molecule has 0 radical (unpaired) electrons. The fourth-order valence-corrected chi connectivity index (χ4v) is 1.47. The number of hydrogen-bond acceptors (Lipinski definition) is 3. The van der Waals surface area contributed by atoms with Gasteiger partial charge in [0, 0.05) is 5.56 Å². The zero-order valence-corrected chi connectivity index (χ0v) is 10.5. The van der Waals surface area contributed by atoms with Gasteiger partial charge in [-0.25, -0.2) is 4.79 Å². The first kappa shape index (κ1) is 14.1. The first-order valence-corrected chi connectivity index (χ1v) is 5.60. The second-order valence-corrected chi connectivity index (χ2v) is 3.63. The maximum atomic E-state index is 11.0. The summed E-state index contributed by atoms with van der Waals surface area (Å²) < 4.78 is 4.70. The van der Waals surface area contributed by atoms with E-state index in [4.69, 9.17) is 21.4 Å². The van der Waals surface area contributed by atoms with Gasteiger partial charge in [-0.3, -0.25) is 4.79 Å². The van der Waals surface area contributed by atoms with Crippen molar-refractivity contribution >= 4 is 23.5 Å². The van der Waals surface area contributed by atoms with Crippen molar-refractivity contribution in [3.05, 3.63) is 34.3 Å². The van der Waals surface area contributed by atoms with Gasteiger partial charge in [0.1, 0.15) is 6.42 Å². The predicted octanol–water partition coefficient (Wildman–Crippen LogP) is 2.34. The topological polar surface area (TPSA) is 63.6 Å². The van der Waals surface area contributed by atoms with Crippen LogP contribution in [0.25, 0.3) is 0 Å². The van der Waals surface area contributed by atoms with Crippen molar-refractivity contribution in [2.45, 2.75) is 13.3 Å². The molecule has 0 saturated heterocycles. The lowest BCUT2D eigenvalue weighted by Crippen LogP contribution is -2.01. The molecule has 0 spiro atoms. The van der Waals surface area contributed by atoms with Crippen LogP contribution in [0.2, 0.25) is 5.02 Å². The standard InChI is InChI=1S/C13H11ClO4/c1-2-18-11(15)8-4-6-9-5-3-7-10(12(9)14)13(16)17/h3,5,7H,2,8H2,1H3,(H,16,17). The number of esters is 1. The molecule has 0 unspecified atom stereocenters. The van der Waals surface area contributed by atoms with Crippen molar-refractivity contribution < 1.29 is 19.4 Å². The van der Waals surface area contributed by atoms with Gasteiger partial charge < -0.3 is 9.84 Å². The number of halogens is 1. The third-order valence-electron chi connectivity index (χ3n) is 1.99. The number of carbonyl (C=O) groups is 2. The molecule has 1 aromatic rings. The second-order valence-electron chi connectivity index (χ2n) is 3.26. The molecule has 0 atom stereocenters. The van der Waals surface area contributed by atoms with Crippen molar-refractivity contribution in [3.8, 4) is 11.8 Å². The van der Waals surface area contributed by atoms with Gasteiger partial charge in [-0.1, -0.05) is 29.5 Å². The van der Waals surface area contributed by atoms with E-state index in [9.17, 15) is 9.59 Å². The summed E-state index contributed by atoms with van der Waals surface area (Å²) in [6.07, 6.45) is -0.0541. The van der Waals surface area contributed by atoms with Crippen molar-refractivity contribution in [2.75, 3.05) is 6.61 Å². The highest BCUT2D eigenvalue weighted by Gasteiger charge is 2.10. The number of benzene rings is 1. The molecular formula is C13H11ClO4. The van der Waals surface area contributed by atoms with Crippen LogP contribution in [0.4, 0.5) is 0 Å². The van der Waals surface area contributed by atoms with Gasteiger partial charge in [0.2, 0.25) is 0 Å². The molecule has 0 aromatic heterocycles. The molecule has 0 aliphatic rings. The fourth-order valence-electron chi connectivity index (χ4n) is 1.22. The SMILES string of the molecule is CCOC(=O)CC#Cc1cccc(C(=O)O)c1Cl. The summed E-state index contributed by atoms with van der Waals surface area (Å²) >= 11 is 5.88.